The summed E-state index contributed by atoms with van der Waals surface area (Å²) in [5.74, 6) is -1.13. The van der Waals surface area contributed by atoms with Crippen molar-refractivity contribution >= 4 is 49.5 Å². The lowest BCUT2D eigenvalue weighted by molar-refractivity contribution is 0.0698. The van der Waals surface area contributed by atoms with E-state index < -0.39 is 12.0 Å². The van der Waals surface area contributed by atoms with Gasteiger partial charge < -0.3 is 15.7 Å². The highest BCUT2D eigenvalue weighted by Crippen LogP contribution is 2.30. The Balaban J connectivity index is 2.97. The number of nitrogens with one attached hydrogen (secondary N) is 2. The van der Waals surface area contributed by atoms with E-state index in [0.717, 1.165) is 5.57 Å². The molecule has 0 heterocycles. The molecule has 1 rings (SSSR count). The van der Waals surface area contributed by atoms with E-state index in [-0.39, 0.29) is 11.3 Å². The number of halogens is 2. The maximum atomic E-state index is 11.6. The van der Waals surface area contributed by atoms with Crippen LogP contribution in [0.5, 0.6) is 0 Å². The van der Waals surface area contributed by atoms with E-state index in [0.29, 0.717) is 15.5 Å². The second-order valence-corrected chi connectivity index (χ2v) is 5.65. The molecule has 0 fully saturated rings. The molecule has 0 radical (unpaired) electrons. The van der Waals surface area contributed by atoms with Crippen LogP contribution < -0.4 is 10.6 Å². The summed E-state index contributed by atoms with van der Waals surface area (Å²) in [5, 5.41) is 14.2. The normalized spacial score (nSPS) is 9.84. The van der Waals surface area contributed by atoms with Gasteiger partial charge in [-0.25, -0.2) is 9.59 Å². The number of hydrogen-bond donors (Lipinski definition) is 3. The molecule has 0 spiro atoms. The number of urea groups is 1. The first-order valence-corrected chi connectivity index (χ1v) is 6.81. The highest BCUT2D eigenvalue weighted by molar-refractivity contribution is 9.11. The van der Waals surface area contributed by atoms with Crippen molar-refractivity contribution in [3.05, 3.63) is 38.8 Å². The SMILES string of the molecule is C=C(C)CNC(=O)Nc1c(Br)cc(Br)cc1C(=O)O. The van der Waals surface area contributed by atoms with E-state index in [4.69, 9.17) is 5.11 Å². The van der Waals surface area contributed by atoms with Crippen molar-refractivity contribution in [1.82, 2.24) is 5.32 Å². The van der Waals surface area contributed by atoms with Crippen LogP contribution in [0, 0.1) is 0 Å². The lowest BCUT2D eigenvalue weighted by atomic mass is 10.2. The predicted octanol–water partition coefficient (Wildman–Crippen LogP) is 3.61. The molecule has 0 aliphatic carbocycles. The molecule has 0 bridgehead atoms. The largest absolute Gasteiger partial charge is 0.478 e. The van der Waals surface area contributed by atoms with Crippen molar-refractivity contribution in [2.24, 2.45) is 0 Å². The fourth-order valence-electron chi connectivity index (χ4n) is 1.26. The first kappa shape index (κ1) is 15.7. The van der Waals surface area contributed by atoms with Gasteiger partial charge in [-0.05, 0) is 35.0 Å². The summed E-state index contributed by atoms with van der Waals surface area (Å²) < 4.78 is 1.08. The lowest BCUT2D eigenvalue weighted by Gasteiger charge is -2.12. The third-order valence-electron chi connectivity index (χ3n) is 2.07. The number of aromatic carboxylic acids is 1. The second kappa shape index (κ2) is 6.72. The molecule has 19 heavy (non-hydrogen) atoms. The number of rotatable bonds is 4. The molecule has 102 valence electrons. The fraction of sp³-hybridized carbons (Fsp3) is 0.167. The zero-order valence-corrected chi connectivity index (χ0v) is 13.3. The third kappa shape index (κ3) is 4.68. The predicted molar refractivity (Wildman–Crippen MR) is 80.6 cm³/mol. The number of anilines is 1. The minimum absolute atomic E-state index is 0.00766. The van der Waals surface area contributed by atoms with Crippen molar-refractivity contribution in [2.45, 2.75) is 6.92 Å². The topological polar surface area (TPSA) is 78.4 Å². The molecule has 0 unspecified atom stereocenters. The summed E-state index contributed by atoms with van der Waals surface area (Å²) in [7, 11) is 0. The molecule has 3 N–H and O–H groups in total. The Kier molecular flexibility index (Phi) is 5.56. The van der Waals surface area contributed by atoms with Crippen molar-refractivity contribution in [1.29, 1.82) is 0 Å². The Morgan fingerprint density at radius 3 is 2.53 bits per heavy atom. The molecule has 1 aromatic rings. The van der Waals surface area contributed by atoms with E-state index in [1.54, 1.807) is 13.0 Å². The molecule has 0 atom stereocenters. The van der Waals surface area contributed by atoms with Crippen LogP contribution in [0.3, 0.4) is 0 Å². The van der Waals surface area contributed by atoms with Crippen molar-refractivity contribution in [3.8, 4) is 0 Å². The van der Waals surface area contributed by atoms with Gasteiger partial charge in [0.2, 0.25) is 0 Å². The van der Waals surface area contributed by atoms with E-state index in [1.165, 1.54) is 6.07 Å². The Labute approximate surface area is 127 Å². The Morgan fingerprint density at radius 2 is 2.00 bits per heavy atom. The summed E-state index contributed by atoms with van der Waals surface area (Å²) in [5.41, 5.74) is 0.991. The smallest absolute Gasteiger partial charge is 0.337 e. The van der Waals surface area contributed by atoms with E-state index in [2.05, 4.69) is 49.1 Å². The fourth-order valence-corrected chi connectivity index (χ4v) is 2.58. The van der Waals surface area contributed by atoms with Crippen LogP contribution in [0.2, 0.25) is 0 Å². The standard InChI is InChI=1S/C12H12Br2N2O3/c1-6(2)5-15-12(19)16-10-8(11(17)18)3-7(13)4-9(10)14/h3-4H,1,5H2,2H3,(H,17,18)(H2,15,16,19). The van der Waals surface area contributed by atoms with Crippen LogP contribution in [0.15, 0.2) is 33.2 Å². The van der Waals surface area contributed by atoms with Gasteiger partial charge >= 0.3 is 12.0 Å². The lowest BCUT2D eigenvalue weighted by Crippen LogP contribution is -2.30. The number of carboxylic acid groups (broad SMARTS) is 1. The van der Waals surface area contributed by atoms with Gasteiger partial charge in [-0.3, -0.25) is 0 Å². The van der Waals surface area contributed by atoms with Gasteiger partial charge in [0, 0.05) is 15.5 Å². The number of carboxylic acids is 1. The molecule has 1 aromatic carbocycles. The molecule has 0 aromatic heterocycles. The zero-order chi connectivity index (χ0) is 14.6. The number of hydrogen-bond acceptors (Lipinski definition) is 2. The molecule has 2 amide bonds. The number of carbonyl (C=O) groups excluding carboxylic acids is 1. The molecule has 0 aliphatic rings. The van der Waals surface area contributed by atoms with Crippen LogP contribution in [-0.4, -0.2) is 23.7 Å². The Morgan fingerprint density at radius 1 is 1.37 bits per heavy atom. The van der Waals surface area contributed by atoms with Crippen LogP contribution in [-0.2, 0) is 0 Å². The van der Waals surface area contributed by atoms with Crippen LogP contribution in [0.4, 0.5) is 10.5 Å². The number of carbonyl (C=O) groups is 2. The molecule has 5 nitrogen and oxygen atoms in total. The van der Waals surface area contributed by atoms with E-state index in [9.17, 15) is 9.59 Å². The maximum absolute atomic E-state index is 11.6. The average molecular weight is 392 g/mol. The summed E-state index contributed by atoms with van der Waals surface area (Å²) in [4.78, 5) is 22.8. The van der Waals surface area contributed by atoms with Crippen LogP contribution in [0.25, 0.3) is 0 Å². The first-order chi connectivity index (χ1) is 8.81. The van der Waals surface area contributed by atoms with Gasteiger partial charge in [-0.2, -0.15) is 0 Å². The molecule has 0 saturated heterocycles. The first-order valence-electron chi connectivity index (χ1n) is 5.23. The zero-order valence-electron chi connectivity index (χ0n) is 10.1. The van der Waals surface area contributed by atoms with Crippen molar-refractivity contribution < 1.29 is 14.7 Å². The highest BCUT2D eigenvalue weighted by Gasteiger charge is 2.16. The van der Waals surface area contributed by atoms with Gasteiger partial charge in [0.25, 0.3) is 0 Å². The van der Waals surface area contributed by atoms with Gasteiger partial charge in [0.1, 0.15) is 0 Å². The van der Waals surface area contributed by atoms with Crippen molar-refractivity contribution in [3.63, 3.8) is 0 Å². The van der Waals surface area contributed by atoms with Crippen LogP contribution >= 0.6 is 31.9 Å². The number of amides is 2. The van der Waals surface area contributed by atoms with Gasteiger partial charge in [0.05, 0.1) is 11.3 Å². The molecule has 0 aliphatic heterocycles. The summed E-state index contributed by atoms with van der Waals surface area (Å²) >= 11 is 6.42. The van der Waals surface area contributed by atoms with Gasteiger partial charge in [-0.15, -0.1) is 0 Å². The summed E-state index contributed by atoms with van der Waals surface area (Å²) in [6.07, 6.45) is 0. The third-order valence-corrected chi connectivity index (χ3v) is 3.16. The van der Waals surface area contributed by atoms with E-state index >= 15 is 0 Å². The Bertz CT molecular complexity index is 544. The molecule has 7 heteroatoms. The van der Waals surface area contributed by atoms with E-state index in [1.807, 2.05) is 0 Å². The second-order valence-electron chi connectivity index (χ2n) is 3.88. The molecular formula is C12H12Br2N2O3. The monoisotopic (exact) mass is 390 g/mol. The van der Waals surface area contributed by atoms with Crippen LogP contribution in [0.1, 0.15) is 17.3 Å². The van der Waals surface area contributed by atoms with Gasteiger partial charge in [0.15, 0.2) is 0 Å². The molecular weight excluding hydrogens is 380 g/mol. The molecule has 0 saturated carbocycles. The Hall–Kier alpha value is -1.34. The minimum atomic E-state index is -1.13. The minimum Gasteiger partial charge on any atom is -0.478 e. The van der Waals surface area contributed by atoms with Gasteiger partial charge in [-0.1, -0.05) is 28.1 Å². The highest BCUT2D eigenvalue weighted by atomic mass is 79.9. The van der Waals surface area contributed by atoms with Crippen molar-refractivity contribution in [2.75, 3.05) is 11.9 Å². The average Bonchev–Trinajstić information content (AvgIpc) is 2.29. The summed E-state index contributed by atoms with van der Waals surface area (Å²) in [6.45, 7) is 5.76. The quantitative estimate of drug-likeness (QED) is 0.686. The maximum Gasteiger partial charge on any atom is 0.337 e. The number of benzene rings is 1. The summed E-state index contributed by atoms with van der Waals surface area (Å²) in [6, 6.07) is 2.58.